The molecule has 4 aromatic rings. The molecule has 0 bridgehead atoms. The molecule has 4 heterocycles. The molecular formula is C24H23F3N8O5S. The number of H-pyrrole nitrogens is 1. The van der Waals surface area contributed by atoms with E-state index in [9.17, 15) is 27.6 Å². The van der Waals surface area contributed by atoms with Crippen molar-refractivity contribution >= 4 is 29.1 Å². The SMILES string of the molecule is CCNC(=O)Nc1cc(-c2nc(C(F)(F)F)c(CC(=O)NCCOC)s2)c(-c2cncc(-c3n[nH]c(=O)o3)c2)cn1. The molecule has 0 saturated heterocycles. The molecule has 0 aromatic carbocycles. The van der Waals surface area contributed by atoms with E-state index in [-0.39, 0.29) is 40.3 Å². The monoisotopic (exact) mass is 592 g/mol. The van der Waals surface area contributed by atoms with Crippen LogP contribution in [0.3, 0.4) is 0 Å². The van der Waals surface area contributed by atoms with E-state index in [4.69, 9.17) is 9.15 Å². The third-order valence-corrected chi connectivity index (χ3v) is 6.45. The summed E-state index contributed by atoms with van der Waals surface area (Å²) in [5, 5.41) is 13.4. The van der Waals surface area contributed by atoms with Crippen molar-refractivity contribution in [2.45, 2.75) is 19.5 Å². The summed E-state index contributed by atoms with van der Waals surface area (Å²) in [5.74, 6) is -1.42. The molecule has 0 unspecified atom stereocenters. The van der Waals surface area contributed by atoms with Gasteiger partial charge in [-0.05, 0) is 19.1 Å². The van der Waals surface area contributed by atoms with Gasteiger partial charge in [0, 0.05) is 60.4 Å². The van der Waals surface area contributed by atoms with Gasteiger partial charge in [0.15, 0.2) is 5.69 Å². The fourth-order valence-electron chi connectivity index (χ4n) is 3.62. The summed E-state index contributed by atoms with van der Waals surface area (Å²) in [4.78, 5) is 47.8. The van der Waals surface area contributed by atoms with Gasteiger partial charge in [-0.1, -0.05) is 0 Å². The zero-order valence-electron chi connectivity index (χ0n) is 21.6. The van der Waals surface area contributed by atoms with E-state index < -0.39 is 36.0 Å². The summed E-state index contributed by atoms with van der Waals surface area (Å²) in [5.41, 5.74) is -0.0405. The number of anilines is 1. The van der Waals surface area contributed by atoms with Crippen LogP contribution in [0.5, 0.6) is 0 Å². The van der Waals surface area contributed by atoms with Crippen molar-refractivity contribution in [1.29, 1.82) is 0 Å². The van der Waals surface area contributed by atoms with Crippen LogP contribution in [0.15, 0.2) is 39.9 Å². The molecule has 0 radical (unpaired) electrons. The van der Waals surface area contributed by atoms with Crippen LogP contribution in [-0.4, -0.2) is 63.9 Å². The molecule has 0 atom stereocenters. The van der Waals surface area contributed by atoms with Gasteiger partial charge in [0.1, 0.15) is 10.8 Å². The number of hydrogen-bond acceptors (Lipinski definition) is 10. The third kappa shape index (κ3) is 7.31. The number of alkyl halides is 3. The number of thiazole rings is 1. The van der Waals surface area contributed by atoms with Crippen LogP contribution in [-0.2, 0) is 22.1 Å². The zero-order chi connectivity index (χ0) is 29.6. The first kappa shape index (κ1) is 29.3. The van der Waals surface area contributed by atoms with E-state index >= 15 is 0 Å². The lowest BCUT2D eigenvalue weighted by atomic mass is 10.0. The number of carbonyl (C=O) groups excluding carboxylic acids is 2. The number of carbonyl (C=O) groups is 2. The van der Waals surface area contributed by atoms with E-state index in [0.717, 1.165) is 0 Å². The van der Waals surface area contributed by atoms with Crippen molar-refractivity contribution in [3.63, 3.8) is 0 Å². The molecule has 4 aromatic heterocycles. The molecule has 4 rings (SSSR count). The maximum atomic E-state index is 14.0. The van der Waals surface area contributed by atoms with E-state index in [1.807, 2.05) is 0 Å². The first-order chi connectivity index (χ1) is 19.6. The highest BCUT2D eigenvalue weighted by molar-refractivity contribution is 7.15. The highest BCUT2D eigenvalue weighted by atomic mass is 32.1. The topological polar surface area (TPSA) is 177 Å². The number of rotatable bonds is 10. The zero-order valence-corrected chi connectivity index (χ0v) is 22.4. The smallest absolute Gasteiger partial charge is 0.388 e. The van der Waals surface area contributed by atoms with Gasteiger partial charge < -0.3 is 19.8 Å². The molecule has 0 aliphatic carbocycles. The molecule has 41 heavy (non-hydrogen) atoms. The Balaban J connectivity index is 1.81. The maximum absolute atomic E-state index is 14.0. The summed E-state index contributed by atoms with van der Waals surface area (Å²) in [7, 11) is 1.43. The fourth-order valence-corrected chi connectivity index (χ4v) is 4.73. The van der Waals surface area contributed by atoms with Crippen molar-refractivity contribution in [3.8, 4) is 33.2 Å². The lowest BCUT2D eigenvalue weighted by Crippen LogP contribution is -2.28. The van der Waals surface area contributed by atoms with Crippen molar-refractivity contribution in [1.82, 2.24) is 35.8 Å². The fraction of sp³-hybridized carbons (Fsp3) is 0.292. The Morgan fingerprint density at radius 3 is 2.59 bits per heavy atom. The number of aromatic amines is 1. The number of pyridine rings is 2. The van der Waals surface area contributed by atoms with Crippen LogP contribution < -0.4 is 21.7 Å². The second-order valence-electron chi connectivity index (χ2n) is 8.29. The number of methoxy groups -OCH3 is 1. The summed E-state index contributed by atoms with van der Waals surface area (Å²) < 4.78 is 51.8. The first-order valence-corrected chi connectivity index (χ1v) is 12.8. The molecule has 0 saturated carbocycles. The minimum Gasteiger partial charge on any atom is -0.388 e. The second kappa shape index (κ2) is 12.7. The van der Waals surface area contributed by atoms with Crippen LogP contribution >= 0.6 is 11.3 Å². The van der Waals surface area contributed by atoms with Gasteiger partial charge >= 0.3 is 18.0 Å². The Kier molecular flexibility index (Phi) is 9.08. The normalized spacial score (nSPS) is 11.3. The third-order valence-electron chi connectivity index (χ3n) is 5.36. The summed E-state index contributed by atoms with van der Waals surface area (Å²) in [6.07, 6.45) is -1.26. The van der Waals surface area contributed by atoms with Gasteiger partial charge in [0.25, 0.3) is 5.89 Å². The standard InChI is InChI=1S/C24H23F3N8O5S/c1-3-29-22(37)32-17-7-14(15(11-31-17)12-6-13(10-28-9-12)20-34-35-23(38)40-20)21-33-19(24(25,26)27)16(41-21)8-18(36)30-4-5-39-2/h6-7,9-11H,3-5,8H2,1-2H3,(H,30,36)(H,35,38)(H2,29,31,32,37). The molecule has 3 amide bonds. The Morgan fingerprint density at radius 2 is 1.90 bits per heavy atom. The van der Waals surface area contributed by atoms with Crippen LogP contribution in [0.4, 0.5) is 23.8 Å². The summed E-state index contributed by atoms with van der Waals surface area (Å²) in [6.45, 7) is 2.37. The molecular weight excluding hydrogens is 569 g/mol. The second-order valence-corrected chi connectivity index (χ2v) is 9.37. The highest BCUT2D eigenvalue weighted by Crippen LogP contribution is 2.41. The number of hydrogen-bond donors (Lipinski definition) is 4. The van der Waals surface area contributed by atoms with E-state index in [1.165, 1.54) is 31.8 Å². The lowest BCUT2D eigenvalue weighted by Gasteiger charge is -2.11. The number of ether oxygens (including phenoxy) is 1. The van der Waals surface area contributed by atoms with Crippen LogP contribution in [0.1, 0.15) is 17.5 Å². The average Bonchev–Trinajstić information content (AvgIpc) is 3.55. The Labute approximate surface area is 233 Å². The summed E-state index contributed by atoms with van der Waals surface area (Å²) in [6, 6.07) is 2.35. The van der Waals surface area contributed by atoms with Gasteiger partial charge in [-0.2, -0.15) is 13.2 Å². The molecule has 4 N–H and O–H groups in total. The van der Waals surface area contributed by atoms with Crippen LogP contribution in [0.25, 0.3) is 33.2 Å². The Morgan fingerprint density at radius 1 is 1.12 bits per heavy atom. The van der Waals surface area contributed by atoms with Gasteiger partial charge in [0.2, 0.25) is 5.91 Å². The van der Waals surface area contributed by atoms with Crippen molar-refractivity contribution < 1.29 is 31.9 Å². The number of halogens is 3. The Bertz CT molecular complexity index is 1600. The molecule has 13 nitrogen and oxygen atoms in total. The lowest BCUT2D eigenvalue weighted by molar-refractivity contribution is -0.141. The van der Waals surface area contributed by atoms with E-state index in [1.54, 1.807) is 13.0 Å². The van der Waals surface area contributed by atoms with Crippen molar-refractivity contribution in [2.24, 2.45) is 0 Å². The van der Waals surface area contributed by atoms with Gasteiger partial charge in [-0.3, -0.25) is 15.1 Å². The van der Waals surface area contributed by atoms with Gasteiger partial charge in [-0.15, -0.1) is 16.4 Å². The van der Waals surface area contributed by atoms with Crippen LogP contribution in [0.2, 0.25) is 0 Å². The largest absolute Gasteiger partial charge is 0.434 e. The van der Waals surface area contributed by atoms with E-state index in [2.05, 4.69) is 41.1 Å². The number of nitrogens with zero attached hydrogens (tertiary/aromatic N) is 4. The number of aromatic nitrogens is 5. The van der Waals surface area contributed by atoms with Crippen molar-refractivity contribution in [3.05, 3.63) is 51.8 Å². The molecule has 0 spiro atoms. The number of amides is 3. The van der Waals surface area contributed by atoms with Gasteiger partial charge in [0.05, 0.1) is 18.6 Å². The predicted octanol–water partition coefficient (Wildman–Crippen LogP) is 3.08. The van der Waals surface area contributed by atoms with Gasteiger partial charge in [-0.25, -0.2) is 24.7 Å². The van der Waals surface area contributed by atoms with E-state index in [0.29, 0.717) is 34.6 Å². The minimum absolute atomic E-state index is 0.0414. The maximum Gasteiger partial charge on any atom is 0.434 e. The molecule has 0 aliphatic rings. The molecule has 17 heteroatoms. The summed E-state index contributed by atoms with van der Waals surface area (Å²) >= 11 is 0.681. The van der Waals surface area contributed by atoms with Crippen LogP contribution in [0, 0.1) is 0 Å². The Hall–Kier alpha value is -4.64. The first-order valence-electron chi connectivity index (χ1n) is 12.0. The molecule has 0 fully saturated rings. The predicted molar refractivity (Wildman–Crippen MR) is 141 cm³/mol. The molecule has 216 valence electrons. The quantitative estimate of drug-likeness (QED) is 0.202. The van der Waals surface area contributed by atoms with Crippen molar-refractivity contribution in [2.75, 3.05) is 32.1 Å². The number of nitrogens with one attached hydrogen (secondary N) is 4. The minimum atomic E-state index is -4.84. The molecule has 0 aliphatic heterocycles. The average molecular weight is 593 g/mol. The highest BCUT2D eigenvalue weighted by Gasteiger charge is 2.38. The number of urea groups is 1.